The average molecular weight is 344 g/mol. The van der Waals surface area contributed by atoms with E-state index in [1.165, 1.54) is 11.3 Å². The maximum Gasteiger partial charge on any atom is 0.256 e. The van der Waals surface area contributed by atoms with Crippen molar-refractivity contribution in [3.63, 3.8) is 0 Å². The maximum atomic E-state index is 12.5. The third-order valence-corrected chi connectivity index (χ3v) is 5.00. The summed E-state index contributed by atoms with van der Waals surface area (Å²) in [5, 5.41) is 19.5. The third-order valence-electron chi connectivity index (χ3n) is 4.32. The zero-order chi connectivity index (χ0) is 17.0. The van der Waals surface area contributed by atoms with Crippen molar-refractivity contribution >= 4 is 28.8 Å². The molecular formula is C18H20N2O3S. The molecule has 1 aliphatic rings. The number of hydrogen-bond acceptors (Lipinski definition) is 4. The molecule has 1 aliphatic carbocycles. The van der Waals surface area contributed by atoms with Crippen LogP contribution in [0.2, 0.25) is 0 Å². The first-order valence-corrected chi connectivity index (χ1v) is 8.95. The van der Waals surface area contributed by atoms with Crippen LogP contribution in [0.4, 0.5) is 5.69 Å². The van der Waals surface area contributed by atoms with Crippen LogP contribution in [0.15, 0.2) is 41.1 Å². The van der Waals surface area contributed by atoms with E-state index < -0.39 is 5.60 Å². The van der Waals surface area contributed by atoms with Crippen molar-refractivity contribution in [1.29, 1.82) is 0 Å². The molecule has 0 atom stereocenters. The van der Waals surface area contributed by atoms with Crippen molar-refractivity contribution in [3.8, 4) is 0 Å². The molecule has 0 unspecified atom stereocenters. The molecule has 1 heterocycles. The van der Waals surface area contributed by atoms with Gasteiger partial charge in [0.05, 0.1) is 22.4 Å². The van der Waals surface area contributed by atoms with Crippen LogP contribution in [0, 0.1) is 0 Å². The Morgan fingerprint density at radius 1 is 1.12 bits per heavy atom. The summed E-state index contributed by atoms with van der Waals surface area (Å²) < 4.78 is 0. The molecule has 126 valence electrons. The lowest BCUT2D eigenvalue weighted by molar-refractivity contribution is 0.0450. The number of aliphatic hydroxyl groups is 1. The number of nitrogens with one attached hydrogen (secondary N) is 2. The molecule has 1 fully saturated rings. The molecular weight excluding hydrogens is 324 g/mol. The van der Waals surface area contributed by atoms with Gasteiger partial charge in [0, 0.05) is 11.9 Å². The minimum Gasteiger partial charge on any atom is -0.388 e. The second kappa shape index (κ2) is 7.15. The lowest BCUT2D eigenvalue weighted by atomic mass is 10.0. The summed E-state index contributed by atoms with van der Waals surface area (Å²) in [6.07, 6.45) is 3.40. The second-order valence-electron chi connectivity index (χ2n) is 6.13. The molecule has 1 saturated carbocycles. The summed E-state index contributed by atoms with van der Waals surface area (Å²) in [4.78, 5) is 24.7. The fourth-order valence-corrected chi connectivity index (χ4v) is 3.56. The standard InChI is InChI=1S/C18H20N2O3S/c21-16(13-7-10-24-11-13)20-15-6-2-1-5-14(15)17(22)19-12-18(23)8-3-4-9-18/h1-2,5-7,10-11,23H,3-4,8-9,12H2,(H,19,22)(H,20,21). The molecule has 24 heavy (non-hydrogen) atoms. The molecule has 1 aromatic heterocycles. The highest BCUT2D eigenvalue weighted by molar-refractivity contribution is 7.08. The van der Waals surface area contributed by atoms with Crippen LogP contribution in [0.25, 0.3) is 0 Å². The average Bonchev–Trinajstić information content (AvgIpc) is 3.25. The van der Waals surface area contributed by atoms with Crippen molar-refractivity contribution in [2.75, 3.05) is 11.9 Å². The quantitative estimate of drug-likeness (QED) is 0.780. The fraction of sp³-hybridized carbons (Fsp3) is 0.333. The highest BCUT2D eigenvalue weighted by Gasteiger charge is 2.31. The van der Waals surface area contributed by atoms with Crippen LogP contribution in [-0.4, -0.2) is 29.1 Å². The Hall–Kier alpha value is -2.18. The van der Waals surface area contributed by atoms with Crippen LogP contribution >= 0.6 is 11.3 Å². The van der Waals surface area contributed by atoms with Crippen molar-refractivity contribution < 1.29 is 14.7 Å². The second-order valence-corrected chi connectivity index (χ2v) is 6.91. The lowest BCUT2D eigenvalue weighted by Crippen LogP contribution is -2.41. The van der Waals surface area contributed by atoms with Gasteiger partial charge in [-0.1, -0.05) is 25.0 Å². The molecule has 0 saturated heterocycles. The van der Waals surface area contributed by atoms with E-state index >= 15 is 0 Å². The monoisotopic (exact) mass is 344 g/mol. The van der Waals surface area contributed by atoms with E-state index in [0.29, 0.717) is 29.7 Å². The fourth-order valence-electron chi connectivity index (χ4n) is 2.93. The predicted molar refractivity (Wildman–Crippen MR) is 94.5 cm³/mol. The minimum absolute atomic E-state index is 0.235. The Kier molecular flexibility index (Phi) is 4.97. The van der Waals surface area contributed by atoms with Gasteiger partial charge in [0.25, 0.3) is 11.8 Å². The van der Waals surface area contributed by atoms with Gasteiger partial charge in [-0.15, -0.1) is 0 Å². The normalized spacial score (nSPS) is 15.9. The number of hydrogen-bond donors (Lipinski definition) is 3. The van der Waals surface area contributed by atoms with Gasteiger partial charge in [-0.25, -0.2) is 0 Å². The summed E-state index contributed by atoms with van der Waals surface area (Å²) in [5.74, 6) is -0.539. The summed E-state index contributed by atoms with van der Waals surface area (Å²) in [6, 6.07) is 8.61. The number of benzene rings is 1. The first-order valence-electron chi connectivity index (χ1n) is 8.01. The van der Waals surface area contributed by atoms with Crippen LogP contribution in [-0.2, 0) is 0 Å². The lowest BCUT2D eigenvalue weighted by Gasteiger charge is -2.22. The molecule has 1 aromatic carbocycles. The van der Waals surface area contributed by atoms with Crippen molar-refractivity contribution in [1.82, 2.24) is 5.32 Å². The minimum atomic E-state index is -0.801. The molecule has 3 N–H and O–H groups in total. The van der Waals surface area contributed by atoms with Gasteiger partial charge in [-0.2, -0.15) is 11.3 Å². The Labute approximate surface area is 144 Å². The number of carbonyl (C=O) groups excluding carboxylic acids is 2. The van der Waals surface area contributed by atoms with E-state index in [1.54, 1.807) is 35.7 Å². The molecule has 5 nitrogen and oxygen atoms in total. The first-order chi connectivity index (χ1) is 11.6. The van der Waals surface area contributed by atoms with E-state index in [-0.39, 0.29) is 18.4 Å². The molecule has 0 spiro atoms. The Bertz CT molecular complexity index is 722. The highest BCUT2D eigenvalue weighted by atomic mass is 32.1. The summed E-state index contributed by atoms with van der Waals surface area (Å²) in [6.45, 7) is 0.235. The summed E-state index contributed by atoms with van der Waals surface area (Å²) in [7, 11) is 0. The van der Waals surface area contributed by atoms with E-state index in [1.807, 2.05) is 5.38 Å². The summed E-state index contributed by atoms with van der Waals surface area (Å²) >= 11 is 1.44. The molecule has 0 bridgehead atoms. The molecule has 0 radical (unpaired) electrons. The largest absolute Gasteiger partial charge is 0.388 e. The van der Waals surface area contributed by atoms with Gasteiger partial charge in [0.2, 0.25) is 0 Å². The molecule has 0 aliphatic heterocycles. The van der Waals surface area contributed by atoms with Crippen molar-refractivity contribution in [2.45, 2.75) is 31.3 Å². The van der Waals surface area contributed by atoms with Gasteiger partial charge in [0.15, 0.2) is 0 Å². The number of thiophene rings is 1. The summed E-state index contributed by atoms with van der Waals surface area (Å²) in [5.41, 5.74) is 0.618. The van der Waals surface area contributed by atoms with Crippen LogP contribution < -0.4 is 10.6 Å². The number of para-hydroxylation sites is 1. The zero-order valence-corrected chi connectivity index (χ0v) is 14.1. The number of anilines is 1. The number of carbonyl (C=O) groups is 2. The van der Waals surface area contributed by atoms with Crippen molar-refractivity contribution in [3.05, 3.63) is 52.2 Å². The van der Waals surface area contributed by atoms with Gasteiger partial charge >= 0.3 is 0 Å². The Balaban J connectivity index is 1.69. The number of amides is 2. The van der Waals surface area contributed by atoms with Crippen LogP contribution in [0.3, 0.4) is 0 Å². The molecule has 3 rings (SSSR count). The Morgan fingerprint density at radius 3 is 2.58 bits per heavy atom. The van der Waals surface area contributed by atoms with E-state index in [4.69, 9.17) is 0 Å². The van der Waals surface area contributed by atoms with Gasteiger partial charge in [-0.05, 0) is 36.4 Å². The van der Waals surface area contributed by atoms with Crippen LogP contribution in [0.1, 0.15) is 46.4 Å². The Morgan fingerprint density at radius 2 is 1.88 bits per heavy atom. The van der Waals surface area contributed by atoms with Crippen molar-refractivity contribution in [2.24, 2.45) is 0 Å². The molecule has 6 heteroatoms. The predicted octanol–water partition coefficient (Wildman–Crippen LogP) is 3.04. The van der Waals surface area contributed by atoms with E-state index in [2.05, 4.69) is 10.6 Å². The van der Waals surface area contributed by atoms with Gasteiger partial charge in [-0.3, -0.25) is 9.59 Å². The third kappa shape index (κ3) is 3.83. The van der Waals surface area contributed by atoms with Gasteiger partial charge < -0.3 is 15.7 Å². The zero-order valence-electron chi connectivity index (χ0n) is 13.2. The molecule has 2 amide bonds. The SMILES string of the molecule is O=C(Nc1ccccc1C(=O)NCC1(O)CCCC1)c1ccsc1. The van der Waals surface area contributed by atoms with Gasteiger partial charge in [0.1, 0.15) is 0 Å². The maximum absolute atomic E-state index is 12.5. The van der Waals surface area contributed by atoms with E-state index in [9.17, 15) is 14.7 Å². The molecule has 2 aromatic rings. The first kappa shape index (κ1) is 16.7. The highest BCUT2D eigenvalue weighted by Crippen LogP contribution is 2.28. The van der Waals surface area contributed by atoms with Crippen LogP contribution in [0.5, 0.6) is 0 Å². The smallest absolute Gasteiger partial charge is 0.256 e. The topological polar surface area (TPSA) is 78.4 Å². The number of rotatable bonds is 5. The van der Waals surface area contributed by atoms with E-state index in [0.717, 1.165) is 12.8 Å².